The van der Waals surface area contributed by atoms with Gasteiger partial charge in [0.05, 0.1) is 19.1 Å². The number of nitrogens with two attached hydrogens (primary N) is 1. The van der Waals surface area contributed by atoms with Gasteiger partial charge in [0.1, 0.15) is 0 Å². The quantitative estimate of drug-likeness (QED) is 0.712. The third-order valence-electron chi connectivity index (χ3n) is 4.14. The minimum absolute atomic E-state index is 0.0132. The van der Waals surface area contributed by atoms with Crippen molar-refractivity contribution in [1.82, 2.24) is 9.80 Å². The number of carbonyl (C=O) groups is 3. The first-order chi connectivity index (χ1) is 9.90. The zero-order chi connectivity index (χ0) is 15.6. The number of carboxylic acids is 1. The summed E-state index contributed by atoms with van der Waals surface area (Å²) in [6.07, 6.45) is 0.405. The minimum atomic E-state index is -1.07. The fourth-order valence-corrected chi connectivity index (χ4v) is 2.76. The summed E-state index contributed by atoms with van der Waals surface area (Å²) in [7, 11) is 0. The Morgan fingerprint density at radius 2 is 1.95 bits per heavy atom. The van der Waals surface area contributed by atoms with Crippen LogP contribution in [0.4, 0.5) is 4.79 Å². The van der Waals surface area contributed by atoms with Crippen molar-refractivity contribution in [2.45, 2.75) is 31.9 Å². The number of aliphatic carboxylic acids is 1. The Kier molecular flexibility index (Phi) is 4.66. The molecule has 2 saturated heterocycles. The standard InChI is InChI=1S/C13H21N3O5/c1-8-2-3-9(11(14)17)6-16(8)13(20)15-4-5-21-10(7-15)12(18)19/h8-10H,2-7H2,1H3,(H2,14,17)(H,18,19). The molecule has 0 saturated carbocycles. The normalized spacial score (nSPS) is 30.0. The molecule has 0 bridgehead atoms. The van der Waals surface area contributed by atoms with Gasteiger partial charge in [-0.25, -0.2) is 9.59 Å². The highest BCUT2D eigenvalue weighted by atomic mass is 16.5. The van der Waals surface area contributed by atoms with E-state index in [2.05, 4.69) is 0 Å². The fourth-order valence-electron chi connectivity index (χ4n) is 2.76. The van der Waals surface area contributed by atoms with Gasteiger partial charge in [0.25, 0.3) is 0 Å². The van der Waals surface area contributed by atoms with Gasteiger partial charge in [-0.05, 0) is 19.8 Å². The van der Waals surface area contributed by atoms with E-state index < -0.39 is 18.0 Å². The van der Waals surface area contributed by atoms with E-state index in [9.17, 15) is 14.4 Å². The van der Waals surface area contributed by atoms with Crippen molar-refractivity contribution in [3.8, 4) is 0 Å². The first-order valence-electron chi connectivity index (χ1n) is 7.09. The molecule has 21 heavy (non-hydrogen) atoms. The molecule has 0 aromatic heterocycles. The van der Waals surface area contributed by atoms with Crippen molar-refractivity contribution in [2.24, 2.45) is 11.7 Å². The molecule has 0 spiro atoms. The Morgan fingerprint density at radius 3 is 2.57 bits per heavy atom. The first-order valence-corrected chi connectivity index (χ1v) is 7.09. The highest BCUT2D eigenvalue weighted by molar-refractivity contribution is 5.80. The van der Waals surface area contributed by atoms with E-state index in [0.29, 0.717) is 25.9 Å². The Morgan fingerprint density at radius 1 is 1.24 bits per heavy atom. The molecule has 2 aliphatic heterocycles. The molecule has 2 aliphatic rings. The van der Waals surface area contributed by atoms with E-state index in [4.69, 9.17) is 15.6 Å². The first kappa shape index (κ1) is 15.6. The number of carbonyl (C=O) groups excluding carboxylic acids is 2. The summed E-state index contributed by atoms with van der Waals surface area (Å²) in [5.41, 5.74) is 5.33. The van der Waals surface area contributed by atoms with Gasteiger partial charge in [-0.15, -0.1) is 0 Å². The lowest BCUT2D eigenvalue weighted by Crippen LogP contribution is -2.57. The molecule has 118 valence electrons. The monoisotopic (exact) mass is 299 g/mol. The number of ether oxygens (including phenoxy) is 1. The third kappa shape index (κ3) is 3.44. The largest absolute Gasteiger partial charge is 0.479 e. The smallest absolute Gasteiger partial charge is 0.334 e. The van der Waals surface area contributed by atoms with Crippen LogP contribution >= 0.6 is 0 Å². The summed E-state index contributed by atoms with van der Waals surface area (Å²) in [5, 5.41) is 8.98. The molecule has 3 N–H and O–H groups in total. The number of hydrogen-bond donors (Lipinski definition) is 2. The number of amides is 3. The van der Waals surface area contributed by atoms with Crippen LogP contribution in [0.2, 0.25) is 0 Å². The molecule has 3 amide bonds. The average Bonchev–Trinajstić information content (AvgIpc) is 2.47. The van der Waals surface area contributed by atoms with E-state index in [1.54, 1.807) is 4.90 Å². The summed E-state index contributed by atoms with van der Waals surface area (Å²) in [6, 6.07) is -0.234. The molecule has 0 aromatic carbocycles. The lowest BCUT2D eigenvalue weighted by molar-refractivity contribution is -0.154. The summed E-state index contributed by atoms with van der Waals surface area (Å²) in [5.74, 6) is -1.80. The Hall–Kier alpha value is -1.83. The molecule has 2 heterocycles. The van der Waals surface area contributed by atoms with Crippen LogP contribution in [0.25, 0.3) is 0 Å². The van der Waals surface area contributed by atoms with Crippen LogP contribution in [0.5, 0.6) is 0 Å². The van der Waals surface area contributed by atoms with Gasteiger partial charge in [-0.1, -0.05) is 0 Å². The topological polar surface area (TPSA) is 113 Å². The number of nitrogens with zero attached hydrogens (tertiary/aromatic N) is 2. The van der Waals surface area contributed by atoms with Crippen LogP contribution in [-0.2, 0) is 14.3 Å². The zero-order valence-electron chi connectivity index (χ0n) is 12.0. The molecule has 8 nitrogen and oxygen atoms in total. The van der Waals surface area contributed by atoms with Crippen LogP contribution in [0, 0.1) is 5.92 Å². The maximum atomic E-state index is 12.6. The Balaban J connectivity index is 2.03. The van der Waals surface area contributed by atoms with E-state index >= 15 is 0 Å². The predicted octanol–water partition coefficient (Wildman–Crippen LogP) is -0.522. The zero-order valence-corrected chi connectivity index (χ0v) is 12.0. The number of morpholine rings is 1. The van der Waals surface area contributed by atoms with Gasteiger partial charge in [0.15, 0.2) is 6.10 Å². The molecule has 2 rings (SSSR count). The van der Waals surface area contributed by atoms with Crippen LogP contribution in [0.15, 0.2) is 0 Å². The fraction of sp³-hybridized carbons (Fsp3) is 0.769. The number of piperidine rings is 1. The summed E-state index contributed by atoms with van der Waals surface area (Å²) in [6.45, 7) is 2.80. The Labute approximate surface area is 122 Å². The average molecular weight is 299 g/mol. The molecule has 0 aliphatic carbocycles. The van der Waals surface area contributed by atoms with Crippen LogP contribution < -0.4 is 5.73 Å². The molecule has 3 unspecified atom stereocenters. The SMILES string of the molecule is CC1CCC(C(N)=O)CN1C(=O)N1CCOC(C(=O)O)C1. The lowest BCUT2D eigenvalue weighted by Gasteiger charge is -2.41. The highest BCUT2D eigenvalue weighted by Gasteiger charge is 2.36. The molecule has 0 radical (unpaired) electrons. The predicted molar refractivity (Wildman–Crippen MR) is 72.4 cm³/mol. The molecule has 3 atom stereocenters. The van der Waals surface area contributed by atoms with E-state index in [1.807, 2.05) is 6.92 Å². The highest BCUT2D eigenvalue weighted by Crippen LogP contribution is 2.23. The Bertz CT molecular complexity index is 442. The molecule has 8 heteroatoms. The maximum absolute atomic E-state index is 12.6. The van der Waals surface area contributed by atoms with Gasteiger partial charge < -0.3 is 25.4 Å². The maximum Gasteiger partial charge on any atom is 0.334 e. The number of urea groups is 1. The minimum Gasteiger partial charge on any atom is -0.479 e. The van der Waals surface area contributed by atoms with E-state index in [-0.39, 0.29) is 31.1 Å². The van der Waals surface area contributed by atoms with Crippen molar-refractivity contribution in [3.05, 3.63) is 0 Å². The summed E-state index contributed by atoms with van der Waals surface area (Å²) < 4.78 is 5.11. The van der Waals surface area contributed by atoms with Crippen LogP contribution in [-0.4, -0.2) is 71.2 Å². The second-order valence-corrected chi connectivity index (χ2v) is 5.60. The van der Waals surface area contributed by atoms with E-state index in [1.165, 1.54) is 4.90 Å². The number of carboxylic acid groups (broad SMARTS) is 1. The molecule has 2 fully saturated rings. The molecular formula is C13H21N3O5. The number of rotatable bonds is 2. The number of likely N-dealkylation sites (tertiary alicyclic amines) is 1. The second kappa shape index (κ2) is 6.30. The lowest BCUT2D eigenvalue weighted by atomic mass is 9.93. The second-order valence-electron chi connectivity index (χ2n) is 5.60. The van der Waals surface area contributed by atoms with Gasteiger partial charge in [-0.2, -0.15) is 0 Å². The summed E-state index contributed by atoms with van der Waals surface area (Å²) in [4.78, 5) is 37.9. The van der Waals surface area contributed by atoms with Gasteiger partial charge >= 0.3 is 12.0 Å². The number of hydrogen-bond acceptors (Lipinski definition) is 4. The van der Waals surface area contributed by atoms with Crippen molar-refractivity contribution in [1.29, 1.82) is 0 Å². The number of primary amides is 1. The van der Waals surface area contributed by atoms with Gasteiger partial charge in [0.2, 0.25) is 5.91 Å². The van der Waals surface area contributed by atoms with Crippen LogP contribution in [0.1, 0.15) is 19.8 Å². The van der Waals surface area contributed by atoms with Crippen molar-refractivity contribution >= 4 is 17.9 Å². The molecule has 0 aromatic rings. The van der Waals surface area contributed by atoms with Crippen LogP contribution in [0.3, 0.4) is 0 Å². The van der Waals surface area contributed by atoms with E-state index in [0.717, 1.165) is 0 Å². The third-order valence-corrected chi connectivity index (χ3v) is 4.14. The van der Waals surface area contributed by atoms with Gasteiger partial charge in [-0.3, -0.25) is 4.79 Å². The van der Waals surface area contributed by atoms with Crippen molar-refractivity contribution in [3.63, 3.8) is 0 Å². The van der Waals surface area contributed by atoms with Gasteiger partial charge in [0, 0.05) is 19.1 Å². The summed E-state index contributed by atoms with van der Waals surface area (Å²) >= 11 is 0. The van der Waals surface area contributed by atoms with Crippen molar-refractivity contribution < 1.29 is 24.2 Å². The van der Waals surface area contributed by atoms with Crippen molar-refractivity contribution in [2.75, 3.05) is 26.2 Å². The molecular weight excluding hydrogens is 278 g/mol.